The highest BCUT2D eigenvalue weighted by Crippen LogP contribution is 2.33. The van der Waals surface area contributed by atoms with Crippen molar-refractivity contribution < 1.29 is 22.4 Å². The number of para-hydroxylation sites is 2. The van der Waals surface area contributed by atoms with Crippen molar-refractivity contribution in [3.63, 3.8) is 0 Å². The molecule has 1 heterocycles. The lowest BCUT2D eigenvalue weighted by Gasteiger charge is -2.11. The molecule has 0 aliphatic rings. The molecular formula is C18H14F3NO2S. The molecule has 2 aromatic carbocycles. The standard InChI is InChI=1S/C18H14F3NO2S/c1-11-12-6-2-4-8-14(12)24-16(11)17(23)22-13-7-3-5-9-15(13)25-10-18(19,20)21/h2-9H,10H2,1H3,(H,22,23). The molecule has 0 saturated heterocycles. The van der Waals surface area contributed by atoms with Crippen LogP contribution in [-0.2, 0) is 0 Å². The lowest BCUT2D eigenvalue weighted by molar-refractivity contribution is -0.105. The number of anilines is 1. The van der Waals surface area contributed by atoms with E-state index in [1.165, 1.54) is 6.07 Å². The molecule has 130 valence electrons. The topological polar surface area (TPSA) is 42.2 Å². The molecule has 1 aromatic heterocycles. The molecule has 0 radical (unpaired) electrons. The number of amides is 1. The third-order valence-corrected chi connectivity index (χ3v) is 4.72. The Labute approximate surface area is 146 Å². The van der Waals surface area contributed by atoms with Crippen LogP contribution in [0.2, 0.25) is 0 Å². The second-order valence-electron chi connectivity index (χ2n) is 5.41. The van der Waals surface area contributed by atoms with Crippen LogP contribution >= 0.6 is 11.8 Å². The molecule has 0 bridgehead atoms. The van der Waals surface area contributed by atoms with Crippen molar-refractivity contribution in [2.24, 2.45) is 0 Å². The Hall–Kier alpha value is -2.41. The molecule has 3 nitrogen and oxygen atoms in total. The molecule has 3 rings (SSSR count). The summed E-state index contributed by atoms with van der Waals surface area (Å²) in [6.45, 7) is 1.77. The number of fused-ring (bicyclic) bond motifs is 1. The second-order valence-corrected chi connectivity index (χ2v) is 6.42. The molecule has 0 fully saturated rings. The first kappa shape index (κ1) is 17.4. The summed E-state index contributed by atoms with van der Waals surface area (Å²) < 4.78 is 42.9. The van der Waals surface area contributed by atoms with Gasteiger partial charge >= 0.3 is 6.18 Å². The second kappa shape index (κ2) is 6.84. The van der Waals surface area contributed by atoms with Gasteiger partial charge in [0.1, 0.15) is 5.58 Å². The fourth-order valence-corrected chi connectivity index (χ4v) is 3.19. The van der Waals surface area contributed by atoms with Crippen LogP contribution in [-0.4, -0.2) is 17.8 Å². The zero-order chi connectivity index (χ0) is 18.0. The number of nitrogens with one attached hydrogen (secondary N) is 1. The van der Waals surface area contributed by atoms with E-state index >= 15 is 0 Å². The van der Waals surface area contributed by atoms with Gasteiger partial charge < -0.3 is 9.73 Å². The van der Waals surface area contributed by atoms with Crippen molar-refractivity contribution in [1.29, 1.82) is 0 Å². The molecular weight excluding hydrogens is 351 g/mol. The van der Waals surface area contributed by atoms with E-state index in [2.05, 4.69) is 5.32 Å². The Kier molecular flexibility index (Phi) is 4.76. The van der Waals surface area contributed by atoms with Crippen LogP contribution in [0.1, 0.15) is 16.1 Å². The fourth-order valence-electron chi connectivity index (χ4n) is 2.43. The molecule has 0 atom stereocenters. The first-order valence-corrected chi connectivity index (χ1v) is 8.42. The largest absolute Gasteiger partial charge is 0.451 e. The third kappa shape index (κ3) is 3.99. The van der Waals surface area contributed by atoms with Gasteiger partial charge in [0.15, 0.2) is 5.76 Å². The van der Waals surface area contributed by atoms with Crippen LogP contribution in [0.4, 0.5) is 18.9 Å². The number of alkyl halides is 3. The number of rotatable bonds is 4. The van der Waals surface area contributed by atoms with Crippen LogP contribution in [0.3, 0.4) is 0 Å². The van der Waals surface area contributed by atoms with Crippen LogP contribution in [0, 0.1) is 6.92 Å². The van der Waals surface area contributed by atoms with E-state index in [0.29, 0.717) is 33.5 Å². The van der Waals surface area contributed by atoms with Gasteiger partial charge in [0.05, 0.1) is 11.4 Å². The molecule has 25 heavy (non-hydrogen) atoms. The van der Waals surface area contributed by atoms with Crippen LogP contribution < -0.4 is 5.32 Å². The van der Waals surface area contributed by atoms with Gasteiger partial charge in [0.2, 0.25) is 0 Å². The fraction of sp³-hybridized carbons (Fsp3) is 0.167. The maximum absolute atomic E-state index is 12.5. The van der Waals surface area contributed by atoms with Gasteiger partial charge in [-0.3, -0.25) is 4.79 Å². The predicted octanol–water partition coefficient (Wildman–Crippen LogP) is 5.65. The number of benzene rings is 2. The highest BCUT2D eigenvalue weighted by molar-refractivity contribution is 7.99. The van der Waals surface area contributed by atoms with E-state index in [4.69, 9.17) is 4.42 Å². The molecule has 0 spiro atoms. The zero-order valence-electron chi connectivity index (χ0n) is 13.2. The summed E-state index contributed by atoms with van der Waals surface area (Å²) in [5, 5.41) is 3.47. The summed E-state index contributed by atoms with van der Waals surface area (Å²) in [5.74, 6) is -1.37. The zero-order valence-corrected chi connectivity index (χ0v) is 14.0. The predicted molar refractivity (Wildman–Crippen MR) is 92.1 cm³/mol. The highest BCUT2D eigenvalue weighted by Gasteiger charge is 2.28. The normalized spacial score (nSPS) is 11.7. The van der Waals surface area contributed by atoms with E-state index in [9.17, 15) is 18.0 Å². The van der Waals surface area contributed by atoms with E-state index in [-0.39, 0.29) is 5.76 Å². The van der Waals surface area contributed by atoms with E-state index < -0.39 is 17.8 Å². The summed E-state index contributed by atoms with van der Waals surface area (Å²) in [6, 6.07) is 13.6. The van der Waals surface area contributed by atoms with Crippen molar-refractivity contribution in [3.8, 4) is 0 Å². The minimum Gasteiger partial charge on any atom is -0.451 e. The first-order chi connectivity index (χ1) is 11.8. The summed E-state index contributed by atoms with van der Waals surface area (Å²) in [7, 11) is 0. The average molecular weight is 365 g/mol. The molecule has 1 N–H and O–H groups in total. The third-order valence-electron chi connectivity index (χ3n) is 3.58. The van der Waals surface area contributed by atoms with Gasteiger partial charge in [-0.05, 0) is 25.1 Å². The molecule has 7 heteroatoms. The number of carbonyl (C=O) groups excluding carboxylic acids is 1. The number of hydrogen-bond acceptors (Lipinski definition) is 3. The minimum atomic E-state index is -4.28. The number of hydrogen-bond donors (Lipinski definition) is 1. The van der Waals surface area contributed by atoms with Crippen LogP contribution in [0.5, 0.6) is 0 Å². The monoisotopic (exact) mass is 365 g/mol. The lowest BCUT2D eigenvalue weighted by atomic mass is 10.1. The van der Waals surface area contributed by atoms with Crippen molar-refractivity contribution >= 4 is 34.3 Å². The van der Waals surface area contributed by atoms with Gasteiger partial charge in [-0.1, -0.05) is 30.3 Å². The Balaban J connectivity index is 1.84. The van der Waals surface area contributed by atoms with Gasteiger partial charge in [-0.15, -0.1) is 11.8 Å². The molecule has 0 aliphatic carbocycles. The molecule has 0 aliphatic heterocycles. The Bertz CT molecular complexity index is 918. The molecule has 3 aromatic rings. The number of halogens is 3. The maximum Gasteiger partial charge on any atom is 0.398 e. The van der Waals surface area contributed by atoms with Crippen LogP contribution in [0.15, 0.2) is 57.8 Å². The van der Waals surface area contributed by atoms with E-state index in [1.54, 1.807) is 37.3 Å². The SMILES string of the molecule is Cc1c(C(=O)Nc2ccccc2SCC(F)(F)F)oc2ccccc12. The van der Waals surface area contributed by atoms with Crippen molar-refractivity contribution in [2.75, 3.05) is 11.1 Å². The number of aryl methyl sites for hydroxylation is 1. The summed E-state index contributed by atoms with van der Waals surface area (Å²) in [6.07, 6.45) is -4.28. The van der Waals surface area contributed by atoms with Crippen LogP contribution in [0.25, 0.3) is 11.0 Å². The van der Waals surface area contributed by atoms with Gasteiger partial charge in [-0.25, -0.2) is 0 Å². The minimum absolute atomic E-state index is 0.150. The summed E-state index contributed by atoms with van der Waals surface area (Å²) >= 11 is 0.630. The molecule has 1 amide bonds. The number of thioether (sulfide) groups is 1. The van der Waals surface area contributed by atoms with Gasteiger partial charge in [0.25, 0.3) is 5.91 Å². The van der Waals surface area contributed by atoms with Gasteiger partial charge in [-0.2, -0.15) is 13.2 Å². The number of carbonyl (C=O) groups is 1. The van der Waals surface area contributed by atoms with Crippen molar-refractivity contribution in [2.45, 2.75) is 18.0 Å². The number of furan rings is 1. The highest BCUT2D eigenvalue weighted by atomic mass is 32.2. The molecule has 0 unspecified atom stereocenters. The Morgan fingerprint density at radius 2 is 1.80 bits per heavy atom. The van der Waals surface area contributed by atoms with E-state index in [0.717, 1.165) is 5.39 Å². The van der Waals surface area contributed by atoms with Crippen molar-refractivity contribution in [1.82, 2.24) is 0 Å². The lowest BCUT2D eigenvalue weighted by Crippen LogP contribution is -2.14. The average Bonchev–Trinajstić information content (AvgIpc) is 2.91. The quantitative estimate of drug-likeness (QED) is 0.608. The molecule has 0 saturated carbocycles. The van der Waals surface area contributed by atoms with Gasteiger partial charge in [0, 0.05) is 15.8 Å². The van der Waals surface area contributed by atoms with Crippen molar-refractivity contribution in [3.05, 3.63) is 59.9 Å². The van der Waals surface area contributed by atoms with E-state index in [1.807, 2.05) is 12.1 Å². The Morgan fingerprint density at radius 1 is 1.12 bits per heavy atom. The Morgan fingerprint density at radius 3 is 2.52 bits per heavy atom. The maximum atomic E-state index is 12.5. The summed E-state index contributed by atoms with van der Waals surface area (Å²) in [5.41, 5.74) is 1.60. The first-order valence-electron chi connectivity index (χ1n) is 7.43. The smallest absolute Gasteiger partial charge is 0.398 e. The summed E-state index contributed by atoms with van der Waals surface area (Å²) in [4.78, 5) is 12.9.